The van der Waals surface area contributed by atoms with Crippen molar-refractivity contribution in [1.29, 1.82) is 0 Å². The van der Waals surface area contributed by atoms with Gasteiger partial charge in [-0.25, -0.2) is 8.42 Å². The number of hydrogen-bond donors (Lipinski definition) is 1. The van der Waals surface area contributed by atoms with Crippen molar-refractivity contribution < 1.29 is 8.42 Å². The Morgan fingerprint density at radius 2 is 2.06 bits per heavy atom. The van der Waals surface area contributed by atoms with Crippen molar-refractivity contribution in [1.82, 2.24) is 4.31 Å². The maximum atomic E-state index is 12.5. The lowest BCUT2D eigenvalue weighted by Crippen LogP contribution is -2.30. The van der Waals surface area contributed by atoms with Crippen molar-refractivity contribution >= 4 is 31.6 Å². The minimum atomic E-state index is -3.46. The van der Waals surface area contributed by atoms with Crippen molar-refractivity contribution in [2.24, 2.45) is 5.41 Å². The fraction of sp³-hybridized carbons (Fsp3) is 0.500. The highest BCUT2D eigenvalue weighted by atomic mass is 79.9. The van der Waals surface area contributed by atoms with Crippen LogP contribution in [0.3, 0.4) is 0 Å². The van der Waals surface area contributed by atoms with E-state index in [0.29, 0.717) is 23.2 Å². The summed E-state index contributed by atoms with van der Waals surface area (Å²) in [6, 6.07) is 4.85. The van der Waals surface area contributed by atoms with Crippen molar-refractivity contribution in [3.8, 4) is 0 Å². The Balaban J connectivity index is 2.40. The standard InChI is InChI=1S/C12H17BrN2O2S/c1-12(2)5-6-15(8-12)18(16,17)11-7-9(14)3-4-10(11)13/h3-4,7H,5-6,8,14H2,1-2H3. The van der Waals surface area contributed by atoms with Gasteiger partial charge < -0.3 is 5.73 Å². The number of halogens is 1. The molecule has 1 aliphatic heterocycles. The molecule has 2 N–H and O–H groups in total. The number of nitrogen functional groups attached to an aromatic ring is 1. The third-order valence-electron chi connectivity index (χ3n) is 3.22. The highest BCUT2D eigenvalue weighted by molar-refractivity contribution is 9.10. The Morgan fingerprint density at radius 3 is 2.61 bits per heavy atom. The Kier molecular flexibility index (Phi) is 3.46. The molecule has 0 saturated carbocycles. The smallest absolute Gasteiger partial charge is 0.244 e. The topological polar surface area (TPSA) is 63.4 Å². The lowest BCUT2D eigenvalue weighted by molar-refractivity contribution is 0.375. The Bertz CT molecular complexity index is 569. The van der Waals surface area contributed by atoms with E-state index >= 15 is 0 Å². The van der Waals surface area contributed by atoms with Crippen LogP contribution in [0, 0.1) is 5.41 Å². The highest BCUT2D eigenvalue weighted by Gasteiger charge is 2.37. The first-order valence-electron chi connectivity index (χ1n) is 5.78. The molecule has 1 aromatic carbocycles. The van der Waals surface area contributed by atoms with Crippen LogP contribution in [0.15, 0.2) is 27.6 Å². The molecule has 1 fully saturated rings. The fourth-order valence-electron chi connectivity index (χ4n) is 2.12. The largest absolute Gasteiger partial charge is 0.399 e. The molecule has 100 valence electrons. The van der Waals surface area contributed by atoms with Gasteiger partial charge >= 0.3 is 0 Å². The zero-order valence-electron chi connectivity index (χ0n) is 10.5. The first-order chi connectivity index (χ1) is 8.22. The van der Waals surface area contributed by atoms with E-state index in [1.54, 1.807) is 12.1 Å². The molecule has 1 aromatic rings. The summed E-state index contributed by atoms with van der Waals surface area (Å²) in [5, 5.41) is 0. The molecule has 0 amide bonds. The highest BCUT2D eigenvalue weighted by Crippen LogP contribution is 2.35. The van der Waals surface area contributed by atoms with E-state index in [0.717, 1.165) is 6.42 Å². The van der Waals surface area contributed by atoms with E-state index in [4.69, 9.17) is 5.73 Å². The molecule has 1 aliphatic rings. The molecular weight excluding hydrogens is 316 g/mol. The minimum Gasteiger partial charge on any atom is -0.399 e. The molecule has 1 heterocycles. The Hall–Kier alpha value is -0.590. The van der Waals surface area contributed by atoms with Crippen LogP contribution in [0.4, 0.5) is 5.69 Å². The monoisotopic (exact) mass is 332 g/mol. The molecule has 0 atom stereocenters. The predicted molar refractivity (Wildman–Crippen MR) is 75.7 cm³/mol. The molecule has 18 heavy (non-hydrogen) atoms. The molecule has 0 radical (unpaired) electrons. The van der Waals surface area contributed by atoms with Crippen molar-refractivity contribution in [3.63, 3.8) is 0 Å². The third-order valence-corrected chi connectivity index (χ3v) is 6.05. The first-order valence-corrected chi connectivity index (χ1v) is 8.01. The number of benzene rings is 1. The molecule has 0 unspecified atom stereocenters. The molecule has 0 bridgehead atoms. The summed E-state index contributed by atoms with van der Waals surface area (Å²) in [6.45, 7) is 5.28. The van der Waals surface area contributed by atoms with Crippen LogP contribution >= 0.6 is 15.9 Å². The SMILES string of the molecule is CC1(C)CCN(S(=O)(=O)c2cc(N)ccc2Br)C1. The summed E-state index contributed by atoms with van der Waals surface area (Å²) >= 11 is 3.28. The zero-order chi connectivity index (χ0) is 13.6. The lowest BCUT2D eigenvalue weighted by Gasteiger charge is -2.20. The van der Waals surface area contributed by atoms with Gasteiger partial charge in [-0.05, 0) is 46.0 Å². The molecule has 0 aromatic heterocycles. The quantitative estimate of drug-likeness (QED) is 0.846. The molecule has 6 heteroatoms. The fourth-order valence-corrected chi connectivity index (χ4v) is 4.71. The van der Waals surface area contributed by atoms with Gasteiger partial charge in [-0.3, -0.25) is 0 Å². The summed E-state index contributed by atoms with van der Waals surface area (Å²) in [4.78, 5) is 0.250. The van der Waals surface area contributed by atoms with Gasteiger partial charge in [-0.15, -0.1) is 0 Å². The number of hydrogen-bond acceptors (Lipinski definition) is 3. The van der Waals surface area contributed by atoms with Crippen LogP contribution in [-0.2, 0) is 10.0 Å². The lowest BCUT2D eigenvalue weighted by atomic mass is 9.93. The van der Waals surface area contributed by atoms with Gasteiger partial charge in [-0.2, -0.15) is 4.31 Å². The van der Waals surface area contributed by atoms with E-state index in [1.807, 2.05) is 0 Å². The summed E-state index contributed by atoms with van der Waals surface area (Å²) in [6.07, 6.45) is 0.881. The van der Waals surface area contributed by atoms with E-state index in [9.17, 15) is 8.42 Å². The van der Waals surface area contributed by atoms with Gasteiger partial charge in [0.1, 0.15) is 0 Å². The van der Waals surface area contributed by atoms with Gasteiger partial charge in [-0.1, -0.05) is 13.8 Å². The van der Waals surface area contributed by atoms with Crippen LogP contribution in [0.2, 0.25) is 0 Å². The number of nitrogens with two attached hydrogens (primary N) is 1. The van der Waals surface area contributed by atoms with Crippen molar-refractivity contribution in [3.05, 3.63) is 22.7 Å². The Morgan fingerprint density at radius 1 is 1.39 bits per heavy atom. The van der Waals surface area contributed by atoms with Crippen LogP contribution in [0.25, 0.3) is 0 Å². The van der Waals surface area contributed by atoms with Crippen molar-refractivity contribution in [2.45, 2.75) is 25.2 Å². The van der Waals surface area contributed by atoms with E-state index < -0.39 is 10.0 Å². The molecule has 0 spiro atoms. The number of sulfonamides is 1. The maximum absolute atomic E-state index is 12.5. The van der Waals surface area contributed by atoms with Gasteiger partial charge in [0.2, 0.25) is 10.0 Å². The normalized spacial score (nSPS) is 20.2. The minimum absolute atomic E-state index is 0.0415. The summed E-state index contributed by atoms with van der Waals surface area (Å²) in [5.74, 6) is 0. The van der Waals surface area contributed by atoms with Crippen LogP contribution in [0.5, 0.6) is 0 Å². The number of rotatable bonds is 2. The van der Waals surface area contributed by atoms with Crippen molar-refractivity contribution in [2.75, 3.05) is 18.8 Å². The second kappa shape index (κ2) is 4.51. The second-order valence-electron chi connectivity index (χ2n) is 5.44. The summed E-state index contributed by atoms with van der Waals surface area (Å²) < 4.78 is 27.2. The average Bonchev–Trinajstić information content (AvgIpc) is 2.63. The molecule has 1 saturated heterocycles. The number of nitrogens with zero attached hydrogens (tertiary/aromatic N) is 1. The van der Waals surface area contributed by atoms with E-state index in [-0.39, 0.29) is 10.3 Å². The number of anilines is 1. The maximum Gasteiger partial charge on any atom is 0.244 e. The summed E-state index contributed by atoms with van der Waals surface area (Å²) in [7, 11) is -3.46. The van der Waals surface area contributed by atoms with Crippen LogP contribution in [0.1, 0.15) is 20.3 Å². The van der Waals surface area contributed by atoms with Gasteiger partial charge in [0.05, 0.1) is 4.90 Å². The second-order valence-corrected chi connectivity index (χ2v) is 8.20. The van der Waals surface area contributed by atoms with E-state index in [1.165, 1.54) is 10.4 Å². The average molecular weight is 333 g/mol. The van der Waals surface area contributed by atoms with Crippen LogP contribution < -0.4 is 5.73 Å². The van der Waals surface area contributed by atoms with E-state index in [2.05, 4.69) is 29.8 Å². The molecule has 4 nitrogen and oxygen atoms in total. The first kappa shape index (κ1) is 13.8. The van der Waals surface area contributed by atoms with Gasteiger partial charge in [0.15, 0.2) is 0 Å². The van der Waals surface area contributed by atoms with Gasteiger partial charge in [0, 0.05) is 23.2 Å². The van der Waals surface area contributed by atoms with Crippen LogP contribution in [-0.4, -0.2) is 25.8 Å². The predicted octanol–water partition coefficient (Wildman–Crippen LogP) is 2.45. The Labute approximate surface area is 116 Å². The van der Waals surface area contributed by atoms with Gasteiger partial charge in [0.25, 0.3) is 0 Å². The molecular formula is C12H17BrN2O2S. The zero-order valence-corrected chi connectivity index (χ0v) is 12.9. The molecule has 0 aliphatic carbocycles. The molecule has 2 rings (SSSR count). The summed E-state index contributed by atoms with van der Waals surface area (Å²) in [5.41, 5.74) is 6.17. The third kappa shape index (κ3) is 2.55.